The van der Waals surface area contributed by atoms with Gasteiger partial charge < -0.3 is 31.1 Å². The number of aryl methyl sites for hydroxylation is 1. The van der Waals surface area contributed by atoms with E-state index in [-0.39, 0.29) is 5.56 Å². The summed E-state index contributed by atoms with van der Waals surface area (Å²) in [6.45, 7) is 5.54. The number of nitrogens with one attached hydrogen (secondary N) is 2. The fourth-order valence-corrected chi connectivity index (χ4v) is 5.07. The summed E-state index contributed by atoms with van der Waals surface area (Å²) in [5, 5.41) is 7.41. The molecule has 0 amide bonds. The molecule has 4 aromatic rings. The molecule has 1 fully saturated rings. The number of fused-ring (bicyclic) bond motifs is 2. The summed E-state index contributed by atoms with van der Waals surface area (Å²) in [4.78, 5) is 29.4. The predicted molar refractivity (Wildman–Crippen MR) is 151 cm³/mol. The Morgan fingerprint density at radius 2 is 1.76 bits per heavy atom. The summed E-state index contributed by atoms with van der Waals surface area (Å²) in [6, 6.07) is 15.9. The van der Waals surface area contributed by atoms with Crippen LogP contribution in [-0.2, 0) is 7.05 Å². The van der Waals surface area contributed by atoms with Gasteiger partial charge in [0.25, 0.3) is 5.56 Å². The van der Waals surface area contributed by atoms with Gasteiger partial charge >= 0.3 is 0 Å². The molecule has 0 unspecified atom stereocenters. The third-order valence-electron chi connectivity index (χ3n) is 7.21. The largest absolute Gasteiger partial charge is 0.397 e. The van der Waals surface area contributed by atoms with E-state index in [1.54, 1.807) is 17.8 Å². The quantitative estimate of drug-likeness (QED) is 0.367. The summed E-state index contributed by atoms with van der Waals surface area (Å²) in [5.41, 5.74) is 11.7. The lowest BCUT2D eigenvalue weighted by Gasteiger charge is -2.34. The highest BCUT2D eigenvalue weighted by atomic mass is 16.1. The highest BCUT2D eigenvalue weighted by Crippen LogP contribution is 2.37. The zero-order valence-corrected chi connectivity index (χ0v) is 21.1. The van der Waals surface area contributed by atoms with Crippen LogP contribution in [0.5, 0.6) is 0 Å². The van der Waals surface area contributed by atoms with Crippen LogP contribution in [0.3, 0.4) is 0 Å². The summed E-state index contributed by atoms with van der Waals surface area (Å²) in [7, 11) is 3.91. The highest BCUT2D eigenvalue weighted by Gasteiger charge is 2.23. The van der Waals surface area contributed by atoms with Gasteiger partial charge in [-0.3, -0.25) is 9.36 Å². The van der Waals surface area contributed by atoms with E-state index in [1.807, 2.05) is 41.3 Å². The average molecular weight is 498 g/mol. The molecule has 2 aliphatic heterocycles. The first-order valence-corrected chi connectivity index (χ1v) is 12.6. The minimum atomic E-state index is -0.121. The van der Waals surface area contributed by atoms with Crippen molar-refractivity contribution in [2.24, 2.45) is 7.05 Å². The van der Waals surface area contributed by atoms with Crippen LogP contribution in [0.4, 0.5) is 40.1 Å². The Morgan fingerprint density at radius 3 is 2.54 bits per heavy atom. The number of rotatable bonds is 4. The molecular formula is C27H31N9O. The lowest BCUT2D eigenvalue weighted by molar-refractivity contribution is 0.313. The number of hydrogen-bond donors (Lipinski definition) is 3. The van der Waals surface area contributed by atoms with Crippen molar-refractivity contribution in [2.45, 2.75) is 0 Å². The Hall–Kier alpha value is -4.31. The standard InChI is InChI=1S/C27H31N9O/c1-33-12-14-35(15-13-33)20-8-6-19(7-9-20)31-27-30-17-18-16-23(26(37)34(2)25(18)32-27)36-11-10-29-24-21(28)4-3-5-22(24)36/h3-9,16-17,29H,10-15,28H2,1-2H3,(H,30,31,32). The second-order valence-electron chi connectivity index (χ2n) is 9.65. The van der Waals surface area contributed by atoms with Crippen molar-refractivity contribution in [3.05, 3.63) is 65.1 Å². The number of pyridine rings is 1. The molecule has 10 nitrogen and oxygen atoms in total. The molecule has 10 heteroatoms. The fraction of sp³-hybridized carbons (Fsp3) is 0.296. The molecule has 0 radical (unpaired) electrons. The minimum absolute atomic E-state index is 0.121. The van der Waals surface area contributed by atoms with Crippen molar-refractivity contribution in [1.29, 1.82) is 0 Å². The van der Waals surface area contributed by atoms with Crippen LogP contribution in [0.1, 0.15) is 0 Å². The van der Waals surface area contributed by atoms with Gasteiger partial charge in [0, 0.05) is 69.3 Å². The maximum atomic E-state index is 13.4. The van der Waals surface area contributed by atoms with Crippen LogP contribution in [0.25, 0.3) is 11.0 Å². The normalized spacial score (nSPS) is 15.9. The lowest BCUT2D eigenvalue weighted by Crippen LogP contribution is -2.44. The molecule has 4 heterocycles. The fourth-order valence-electron chi connectivity index (χ4n) is 5.07. The van der Waals surface area contributed by atoms with Gasteiger partial charge in [-0.05, 0) is 49.5 Å². The number of anilines is 7. The van der Waals surface area contributed by atoms with Crippen molar-refractivity contribution in [3.63, 3.8) is 0 Å². The molecular weight excluding hydrogens is 466 g/mol. The van der Waals surface area contributed by atoms with E-state index in [0.29, 0.717) is 36.1 Å². The lowest BCUT2D eigenvalue weighted by atomic mass is 10.1. The van der Waals surface area contributed by atoms with Gasteiger partial charge in [-0.1, -0.05) is 6.07 Å². The Balaban J connectivity index is 1.27. The molecule has 0 saturated carbocycles. The average Bonchev–Trinajstić information content (AvgIpc) is 2.92. The SMILES string of the molecule is CN1CCN(c2ccc(Nc3ncc4cc(N5CCNc6c(N)cccc65)c(=O)n(C)c4n3)cc2)CC1. The van der Waals surface area contributed by atoms with E-state index in [1.165, 1.54) is 5.69 Å². The van der Waals surface area contributed by atoms with Gasteiger partial charge in [-0.15, -0.1) is 0 Å². The zero-order chi connectivity index (χ0) is 25.5. The van der Waals surface area contributed by atoms with Crippen LogP contribution < -0.4 is 31.7 Å². The number of piperazine rings is 1. The third-order valence-corrected chi connectivity index (χ3v) is 7.21. The molecule has 0 bridgehead atoms. The molecule has 2 aromatic heterocycles. The van der Waals surface area contributed by atoms with Gasteiger partial charge in [0.15, 0.2) is 0 Å². The molecule has 4 N–H and O–H groups in total. The van der Waals surface area contributed by atoms with Crippen LogP contribution in [-0.4, -0.2) is 65.8 Å². The Kier molecular flexibility index (Phi) is 5.80. The molecule has 0 aliphatic carbocycles. The van der Waals surface area contributed by atoms with Gasteiger partial charge in [0.05, 0.1) is 17.1 Å². The number of aromatic nitrogens is 3. The van der Waals surface area contributed by atoms with E-state index in [4.69, 9.17) is 5.73 Å². The summed E-state index contributed by atoms with van der Waals surface area (Å²) in [5.74, 6) is 0.447. The Labute approximate surface area is 215 Å². The maximum Gasteiger partial charge on any atom is 0.275 e. The monoisotopic (exact) mass is 497 g/mol. The molecule has 1 saturated heterocycles. The van der Waals surface area contributed by atoms with Crippen molar-refractivity contribution in [1.82, 2.24) is 19.4 Å². The number of likely N-dealkylation sites (N-methyl/N-ethyl adjacent to an activating group) is 1. The van der Waals surface area contributed by atoms with E-state index >= 15 is 0 Å². The van der Waals surface area contributed by atoms with Gasteiger partial charge in [0.1, 0.15) is 11.3 Å². The van der Waals surface area contributed by atoms with Gasteiger partial charge in [0.2, 0.25) is 5.95 Å². The zero-order valence-electron chi connectivity index (χ0n) is 21.1. The Bertz CT molecular complexity index is 1510. The molecule has 2 aliphatic rings. The first-order valence-electron chi connectivity index (χ1n) is 12.6. The topological polar surface area (TPSA) is 108 Å². The maximum absolute atomic E-state index is 13.4. The Morgan fingerprint density at radius 1 is 0.973 bits per heavy atom. The van der Waals surface area contributed by atoms with Gasteiger partial charge in [-0.25, -0.2) is 4.98 Å². The van der Waals surface area contributed by atoms with Crippen LogP contribution in [0.2, 0.25) is 0 Å². The third kappa shape index (κ3) is 4.29. The number of nitrogens with zero attached hydrogens (tertiary/aromatic N) is 6. The van der Waals surface area contributed by atoms with E-state index < -0.39 is 0 Å². The molecule has 0 atom stereocenters. The first-order chi connectivity index (χ1) is 18.0. The summed E-state index contributed by atoms with van der Waals surface area (Å²) in [6.07, 6.45) is 1.76. The predicted octanol–water partition coefficient (Wildman–Crippen LogP) is 2.97. The summed E-state index contributed by atoms with van der Waals surface area (Å²) < 4.78 is 1.59. The van der Waals surface area contributed by atoms with E-state index in [2.05, 4.69) is 49.6 Å². The molecule has 190 valence electrons. The highest BCUT2D eigenvalue weighted by molar-refractivity contribution is 5.89. The summed E-state index contributed by atoms with van der Waals surface area (Å²) >= 11 is 0. The number of nitrogen functional groups attached to an aromatic ring is 1. The molecule has 0 spiro atoms. The molecule has 2 aromatic carbocycles. The van der Waals surface area contributed by atoms with Crippen molar-refractivity contribution < 1.29 is 0 Å². The number of benzene rings is 2. The van der Waals surface area contributed by atoms with E-state index in [9.17, 15) is 4.79 Å². The number of para-hydroxylation sites is 1. The van der Waals surface area contributed by atoms with Crippen molar-refractivity contribution in [3.8, 4) is 0 Å². The number of hydrogen-bond acceptors (Lipinski definition) is 9. The molecule has 6 rings (SSSR count). The smallest absolute Gasteiger partial charge is 0.275 e. The van der Waals surface area contributed by atoms with Crippen LogP contribution in [0, 0.1) is 0 Å². The second-order valence-corrected chi connectivity index (χ2v) is 9.65. The second kappa shape index (κ2) is 9.29. The van der Waals surface area contributed by atoms with Crippen molar-refractivity contribution in [2.75, 3.05) is 72.5 Å². The van der Waals surface area contributed by atoms with Crippen molar-refractivity contribution >= 4 is 51.1 Å². The number of nitrogens with two attached hydrogens (primary N) is 1. The first kappa shape index (κ1) is 23.1. The minimum Gasteiger partial charge on any atom is -0.397 e. The van der Waals surface area contributed by atoms with Crippen LogP contribution in [0.15, 0.2) is 59.5 Å². The van der Waals surface area contributed by atoms with Gasteiger partial charge in [-0.2, -0.15) is 4.98 Å². The van der Waals surface area contributed by atoms with Crippen LogP contribution >= 0.6 is 0 Å². The molecule has 37 heavy (non-hydrogen) atoms. The van der Waals surface area contributed by atoms with E-state index in [0.717, 1.165) is 48.6 Å².